The first-order valence-electron chi connectivity index (χ1n) is 6.67. The number of hydrogen-bond acceptors (Lipinski definition) is 5. The van der Waals surface area contributed by atoms with Gasteiger partial charge in [-0.1, -0.05) is 11.2 Å². The van der Waals surface area contributed by atoms with Crippen LogP contribution in [0.15, 0.2) is 22.7 Å². The summed E-state index contributed by atoms with van der Waals surface area (Å²) >= 11 is 0. The zero-order valence-corrected chi connectivity index (χ0v) is 14.0. The molecule has 1 aromatic carbocycles. The molecule has 1 aromatic heterocycles. The van der Waals surface area contributed by atoms with Crippen molar-refractivity contribution < 1.29 is 4.52 Å². The van der Waals surface area contributed by atoms with Gasteiger partial charge in [-0.25, -0.2) is 0 Å². The molecule has 1 heterocycles. The van der Waals surface area contributed by atoms with E-state index in [9.17, 15) is 0 Å². The minimum absolute atomic E-state index is 0. The first-order chi connectivity index (χ1) is 9.25. The van der Waals surface area contributed by atoms with Gasteiger partial charge in [0.05, 0.1) is 12.1 Å². The van der Waals surface area contributed by atoms with E-state index in [0.717, 1.165) is 5.69 Å². The maximum Gasteiger partial charge on any atom is 0.246 e. The van der Waals surface area contributed by atoms with Gasteiger partial charge in [0.25, 0.3) is 0 Å². The van der Waals surface area contributed by atoms with Gasteiger partial charge in [0.15, 0.2) is 5.82 Å². The fraction of sp³-hybridized carbons (Fsp3) is 0.467. The van der Waals surface area contributed by atoms with Crippen molar-refractivity contribution in [3.05, 3.63) is 41.0 Å². The molecule has 5 nitrogen and oxygen atoms in total. The summed E-state index contributed by atoms with van der Waals surface area (Å²) in [4.78, 5) is 6.43. The number of anilines is 1. The topological polar surface area (TPSA) is 68.2 Å². The van der Waals surface area contributed by atoms with Crippen LogP contribution in [0.2, 0.25) is 0 Å². The standard InChI is InChI=1S/C15H22N4O.ClH/c1-10-6-11(2)8-12(7-10)19(5)9-13-17-14(18-20-13)15(3,4)16;/h6-8H,9,16H2,1-5H3;1H. The highest BCUT2D eigenvalue weighted by atomic mass is 35.5. The highest BCUT2D eigenvalue weighted by molar-refractivity contribution is 5.85. The lowest BCUT2D eigenvalue weighted by Crippen LogP contribution is -2.30. The Labute approximate surface area is 131 Å². The summed E-state index contributed by atoms with van der Waals surface area (Å²) in [6, 6.07) is 6.42. The van der Waals surface area contributed by atoms with Gasteiger partial charge in [0.1, 0.15) is 0 Å². The van der Waals surface area contributed by atoms with Crippen molar-refractivity contribution >= 4 is 18.1 Å². The minimum Gasteiger partial charge on any atom is -0.365 e. The van der Waals surface area contributed by atoms with E-state index in [1.54, 1.807) is 0 Å². The number of aromatic nitrogens is 2. The van der Waals surface area contributed by atoms with Gasteiger partial charge in [-0.15, -0.1) is 12.4 Å². The molecule has 0 unspecified atom stereocenters. The van der Waals surface area contributed by atoms with Crippen LogP contribution in [0.25, 0.3) is 0 Å². The molecule has 116 valence electrons. The molecule has 0 aliphatic carbocycles. The molecule has 0 spiro atoms. The second-order valence-corrected chi connectivity index (χ2v) is 5.94. The summed E-state index contributed by atoms with van der Waals surface area (Å²) in [7, 11) is 2.01. The van der Waals surface area contributed by atoms with Crippen LogP contribution in [0, 0.1) is 13.8 Å². The molecule has 2 aromatic rings. The monoisotopic (exact) mass is 310 g/mol. The minimum atomic E-state index is -0.583. The van der Waals surface area contributed by atoms with Gasteiger partial charge < -0.3 is 15.2 Å². The van der Waals surface area contributed by atoms with Crippen LogP contribution >= 0.6 is 12.4 Å². The Hall–Kier alpha value is -1.59. The normalized spacial score (nSPS) is 11.1. The fourth-order valence-electron chi connectivity index (χ4n) is 2.05. The van der Waals surface area contributed by atoms with Crippen molar-refractivity contribution in [1.29, 1.82) is 0 Å². The van der Waals surface area contributed by atoms with E-state index in [0.29, 0.717) is 18.3 Å². The predicted molar refractivity (Wildman–Crippen MR) is 86.8 cm³/mol. The number of nitrogens with two attached hydrogens (primary N) is 1. The molecule has 0 radical (unpaired) electrons. The van der Waals surface area contributed by atoms with E-state index in [-0.39, 0.29) is 12.4 Å². The van der Waals surface area contributed by atoms with E-state index < -0.39 is 5.54 Å². The van der Waals surface area contributed by atoms with Crippen molar-refractivity contribution in [3.63, 3.8) is 0 Å². The number of aryl methyl sites for hydroxylation is 2. The molecule has 21 heavy (non-hydrogen) atoms. The smallest absolute Gasteiger partial charge is 0.246 e. The fourth-order valence-corrected chi connectivity index (χ4v) is 2.05. The van der Waals surface area contributed by atoms with Gasteiger partial charge in [-0.2, -0.15) is 4.98 Å². The quantitative estimate of drug-likeness (QED) is 0.940. The van der Waals surface area contributed by atoms with Crippen LogP contribution in [0.1, 0.15) is 36.7 Å². The Balaban J connectivity index is 0.00000220. The van der Waals surface area contributed by atoms with Crippen LogP contribution in [0.3, 0.4) is 0 Å². The van der Waals surface area contributed by atoms with Crippen molar-refractivity contribution in [1.82, 2.24) is 10.1 Å². The number of nitrogens with zero attached hydrogens (tertiary/aromatic N) is 3. The van der Waals surface area contributed by atoms with Crippen molar-refractivity contribution in [3.8, 4) is 0 Å². The van der Waals surface area contributed by atoms with Gasteiger partial charge >= 0.3 is 0 Å². The summed E-state index contributed by atoms with van der Waals surface area (Å²) < 4.78 is 5.26. The molecule has 0 bridgehead atoms. The molecule has 2 N–H and O–H groups in total. The van der Waals surface area contributed by atoms with E-state index >= 15 is 0 Å². The Kier molecular flexibility index (Phi) is 5.36. The number of halogens is 1. The highest BCUT2D eigenvalue weighted by Crippen LogP contribution is 2.20. The molecule has 2 rings (SSSR count). The molecule has 0 atom stereocenters. The molecule has 0 aliphatic heterocycles. The second-order valence-electron chi connectivity index (χ2n) is 5.94. The van der Waals surface area contributed by atoms with E-state index in [4.69, 9.17) is 10.3 Å². The largest absolute Gasteiger partial charge is 0.365 e. The maximum atomic E-state index is 5.95. The van der Waals surface area contributed by atoms with Crippen LogP contribution in [0.4, 0.5) is 5.69 Å². The molecule has 0 fully saturated rings. The number of rotatable bonds is 4. The molecular weight excluding hydrogens is 288 g/mol. The van der Waals surface area contributed by atoms with Crippen LogP contribution in [0.5, 0.6) is 0 Å². The number of hydrogen-bond donors (Lipinski definition) is 1. The van der Waals surface area contributed by atoms with Gasteiger partial charge in [0.2, 0.25) is 5.89 Å². The summed E-state index contributed by atoms with van der Waals surface area (Å²) in [6.07, 6.45) is 0. The zero-order valence-electron chi connectivity index (χ0n) is 13.2. The van der Waals surface area contributed by atoms with Gasteiger partial charge in [0, 0.05) is 12.7 Å². The first-order valence-corrected chi connectivity index (χ1v) is 6.67. The average Bonchev–Trinajstić information content (AvgIpc) is 2.75. The summed E-state index contributed by atoms with van der Waals surface area (Å²) in [5.74, 6) is 1.10. The van der Waals surface area contributed by atoms with Crippen molar-refractivity contribution in [2.24, 2.45) is 5.73 Å². The van der Waals surface area contributed by atoms with Crippen molar-refractivity contribution in [2.75, 3.05) is 11.9 Å². The van der Waals surface area contributed by atoms with Crippen LogP contribution < -0.4 is 10.6 Å². The first kappa shape index (κ1) is 17.5. The van der Waals surface area contributed by atoms with Gasteiger partial charge in [-0.3, -0.25) is 0 Å². The Bertz CT molecular complexity index is 584. The lowest BCUT2D eigenvalue weighted by Gasteiger charge is -2.18. The molecule has 0 aliphatic rings. The van der Waals surface area contributed by atoms with Gasteiger partial charge in [-0.05, 0) is 51.0 Å². The third-order valence-corrected chi connectivity index (χ3v) is 3.06. The lowest BCUT2D eigenvalue weighted by atomic mass is 10.1. The van der Waals surface area contributed by atoms with Crippen molar-refractivity contribution in [2.45, 2.75) is 39.8 Å². The molecule has 6 heteroatoms. The van der Waals surface area contributed by atoms with E-state index in [1.807, 2.05) is 20.9 Å². The zero-order chi connectivity index (χ0) is 14.9. The summed E-state index contributed by atoms with van der Waals surface area (Å²) in [5.41, 5.74) is 8.98. The predicted octanol–water partition coefficient (Wildman–Crippen LogP) is 2.94. The third-order valence-electron chi connectivity index (χ3n) is 3.06. The Morgan fingerprint density at radius 3 is 2.24 bits per heavy atom. The lowest BCUT2D eigenvalue weighted by molar-refractivity contribution is 0.360. The molecular formula is C15H23ClN4O. The number of benzene rings is 1. The SMILES string of the molecule is Cc1cc(C)cc(N(C)Cc2nc(C(C)(C)N)no2)c1.Cl. The van der Waals surface area contributed by atoms with E-state index in [1.165, 1.54) is 11.1 Å². The third kappa shape index (κ3) is 4.44. The summed E-state index contributed by atoms with van der Waals surface area (Å²) in [5, 5.41) is 3.93. The maximum absolute atomic E-state index is 5.95. The molecule has 0 saturated carbocycles. The van der Waals surface area contributed by atoms with Crippen LogP contribution in [-0.4, -0.2) is 17.2 Å². The Morgan fingerprint density at radius 2 is 1.76 bits per heavy atom. The highest BCUT2D eigenvalue weighted by Gasteiger charge is 2.21. The molecule has 0 amide bonds. The van der Waals surface area contributed by atoms with E-state index in [2.05, 4.69) is 47.1 Å². The van der Waals surface area contributed by atoms with Crippen LogP contribution in [-0.2, 0) is 12.1 Å². The second kappa shape index (κ2) is 6.45. The molecule has 0 saturated heterocycles. The average molecular weight is 311 g/mol. The Morgan fingerprint density at radius 1 is 1.19 bits per heavy atom. The summed E-state index contributed by atoms with van der Waals surface area (Å²) in [6.45, 7) is 8.45.